The second-order valence-corrected chi connectivity index (χ2v) is 5.52. The SMILES string of the molecule is CNCC1CCC1N1CCn2c(nnc2C(F)(F)F)C1. The van der Waals surface area contributed by atoms with Gasteiger partial charge < -0.3 is 9.88 Å². The Kier molecular flexibility index (Phi) is 3.45. The Balaban J connectivity index is 1.72. The summed E-state index contributed by atoms with van der Waals surface area (Å²) in [7, 11) is 1.93. The third-order valence-electron chi connectivity index (χ3n) is 4.35. The average Bonchev–Trinajstić information content (AvgIpc) is 2.77. The van der Waals surface area contributed by atoms with Gasteiger partial charge >= 0.3 is 6.18 Å². The van der Waals surface area contributed by atoms with Crippen molar-refractivity contribution in [1.82, 2.24) is 25.0 Å². The lowest BCUT2D eigenvalue weighted by atomic mass is 9.78. The molecule has 1 aliphatic carbocycles. The Morgan fingerprint density at radius 3 is 2.65 bits per heavy atom. The molecule has 1 aromatic rings. The van der Waals surface area contributed by atoms with Crippen molar-refractivity contribution in [3.8, 4) is 0 Å². The van der Waals surface area contributed by atoms with E-state index in [1.54, 1.807) is 0 Å². The average molecular weight is 289 g/mol. The van der Waals surface area contributed by atoms with Crippen LogP contribution in [0.15, 0.2) is 0 Å². The van der Waals surface area contributed by atoms with Crippen molar-refractivity contribution in [2.45, 2.75) is 38.1 Å². The molecule has 2 heterocycles. The largest absolute Gasteiger partial charge is 0.451 e. The summed E-state index contributed by atoms with van der Waals surface area (Å²) in [5, 5.41) is 10.2. The van der Waals surface area contributed by atoms with Crippen LogP contribution in [-0.2, 0) is 19.3 Å². The molecule has 0 radical (unpaired) electrons. The van der Waals surface area contributed by atoms with E-state index in [1.165, 1.54) is 11.0 Å². The van der Waals surface area contributed by atoms with E-state index in [0.717, 1.165) is 13.0 Å². The van der Waals surface area contributed by atoms with E-state index < -0.39 is 12.0 Å². The highest BCUT2D eigenvalue weighted by Crippen LogP contribution is 2.35. The molecular weight excluding hydrogens is 271 g/mol. The number of nitrogens with one attached hydrogen (secondary N) is 1. The third kappa shape index (κ3) is 2.31. The van der Waals surface area contributed by atoms with Crippen LogP contribution < -0.4 is 5.32 Å². The fraction of sp³-hybridized carbons (Fsp3) is 0.833. The number of fused-ring (bicyclic) bond motifs is 1. The highest BCUT2D eigenvalue weighted by atomic mass is 19.4. The van der Waals surface area contributed by atoms with E-state index >= 15 is 0 Å². The van der Waals surface area contributed by atoms with Crippen LogP contribution in [0.3, 0.4) is 0 Å². The monoisotopic (exact) mass is 289 g/mol. The van der Waals surface area contributed by atoms with Crippen molar-refractivity contribution in [3.05, 3.63) is 11.6 Å². The lowest BCUT2D eigenvalue weighted by molar-refractivity contribution is -0.148. The van der Waals surface area contributed by atoms with Crippen molar-refractivity contribution < 1.29 is 13.2 Å². The first kappa shape index (κ1) is 13.8. The van der Waals surface area contributed by atoms with Crippen molar-refractivity contribution >= 4 is 0 Å². The minimum absolute atomic E-state index is 0.319. The van der Waals surface area contributed by atoms with E-state index in [2.05, 4.69) is 20.4 Å². The van der Waals surface area contributed by atoms with Gasteiger partial charge in [-0.15, -0.1) is 10.2 Å². The third-order valence-corrected chi connectivity index (χ3v) is 4.35. The predicted octanol–water partition coefficient (Wildman–Crippen LogP) is 1.11. The van der Waals surface area contributed by atoms with Crippen molar-refractivity contribution in [3.63, 3.8) is 0 Å². The van der Waals surface area contributed by atoms with Gasteiger partial charge in [-0.3, -0.25) is 4.90 Å². The minimum atomic E-state index is -4.42. The van der Waals surface area contributed by atoms with Gasteiger partial charge in [0.1, 0.15) is 5.82 Å². The fourth-order valence-electron chi connectivity index (χ4n) is 3.20. The smallest absolute Gasteiger partial charge is 0.319 e. The van der Waals surface area contributed by atoms with E-state index in [9.17, 15) is 13.2 Å². The molecule has 1 fully saturated rings. The molecule has 112 valence electrons. The Bertz CT molecular complexity index is 484. The lowest BCUT2D eigenvalue weighted by Crippen LogP contribution is -2.52. The van der Waals surface area contributed by atoms with Crippen LogP contribution in [0.4, 0.5) is 13.2 Å². The van der Waals surface area contributed by atoms with Crippen molar-refractivity contribution in [2.75, 3.05) is 20.1 Å². The zero-order chi connectivity index (χ0) is 14.3. The molecule has 20 heavy (non-hydrogen) atoms. The summed E-state index contributed by atoms with van der Waals surface area (Å²) >= 11 is 0. The molecule has 0 bridgehead atoms. The number of halogens is 3. The minimum Gasteiger partial charge on any atom is -0.319 e. The van der Waals surface area contributed by atoms with E-state index in [0.29, 0.717) is 37.4 Å². The number of alkyl halides is 3. The molecule has 3 rings (SSSR count). The Morgan fingerprint density at radius 2 is 2.05 bits per heavy atom. The Labute approximate surface area is 115 Å². The van der Waals surface area contributed by atoms with Crippen LogP contribution in [-0.4, -0.2) is 45.8 Å². The first-order valence-electron chi connectivity index (χ1n) is 6.88. The van der Waals surface area contributed by atoms with Gasteiger partial charge in [0.15, 0.2) is 0 Å². The van der Waals surface area contributed by atoms with Gasteiger partial charge in [0.05, 0.1) is 6.54 Å². The first-order valence-corrected chi connectivity index (χ1v) is 6.88. The van der Waals surface area contributed by atoms with Crippen LogP contribution in [0.2, 0.25) is 0 Å². The summed E-state index contributed by atoms with van der Waals surface area (Å²) < 4.78 is 39.5. The summed E-state index contributed by atoms with van der Waals surface area (Å²) in [6, 6.07) is 0.460. The molecule has 8 heteroatoms. The highest BCUT2D eigenvalue weighted by Gasteiger charge is 2.41. The van der Waals surface area contributed by atoms with Crippen LogP contribution in [0, 0.1) is 5.92 Å². The molecule has 0 aromatic carbocycles. The van der Waals surface area contributed by atoms with Gasteiger partial charge in [-0.05, 0) is 32.4 Å². The molecule has 2 atom stereocenters. The molecule has 1 N–H and O–H groups in total. The number of rotatable bonds is 3. The Hall–Kier alpha value is -1.15. The standard InChI is InChI=1S/C12H18F3N5/c1-16-6-8-2-3-9(8)19-4-5-20-10(7-19)17-18-11(20)12(13,14)15/h8-9,16H,2-7H2,1H3. The fourth-order valence-corrected chi connectivity index (χ4v) is 3.20. The van der Waals surface area contributed by atoms with Crippen molar-refractivity contribution in [2.24, 2.45) is 5.92 Å². The molecule has 0 saturated heterocycles. The van der Waals surface area contributed by atoms with Gasteiger partial charge in [-0.25, -0.2) is 0 Å². The molecule has 1 aliphatic heterocycles. The predicted molar refractivity (Wildman–Crippen MR) is 65.9 cm³/mol. The Morgan fingerprint density at radius 1 is 1.25 bits per heavy atom. The molecule has 1 saturated carbocycles. The summed E-state index contributed by atoms with van der Waals surface area (Å²) in [5.41, 5.74) is 0. The van der Waals surface area contributed by atoms with Gasteiger partial charge in [-0.1, -0.05) is 0 Å². The normalized spacial score (nSPS) is 27.2. The zero-order valence-electron chi connectivity index (χ0n) is 11.3. The molecule has 2 aliphatic rings. The maximum Gasteiger partial charge on any atom is 0.451 e. The maximum absolute atomic E-state index is 12.8. The van der Waals surface area contributed by atoms with Gasteiger partial charge in [0.2, 0.25) is 5.82 Å². The summed E-state index contributed by atoms with van der Waals surface area (Å²) in [5.74, 6) is 0.155. The van der Waals surface area contributed by atoms with Crippen LogP contribution in [0.1, 0.15) is 24.5 Å². The second kappa shape index (κ2) is 5.00. The topological polar surface area (TPSA) is 46.0 Å². The quantitative estimate of drug-likeness (QED) is 0.905. The maximum atomic E-state index is 12.8. The highest BCUT2D eigenvalue weighted by molar-refractivity contribution is 5.04. The summed E-state index contributed by atoms with van der Waals surface area (Å²) in [6.45, 7) is 2.38. The number of aromatic nitrogens is 3. The molecular formula is C12H18F3N5. The molecule has 5 nitrogen and oxygen atoms in total. The number of hydrogen-bond acceptors (Lipinski definition) is 4. The molecule has 0 amide bonds. The zero-order valence-corrected chi connectivity index (χ0v) is 11.3. The summed E-state index contributed by atoms with van der Waals surface area (Å²) in [4.78, 5) is 2.25. The van der Waals surface area contributed by atoms with E-state index in [4.69, 9.17) is 0 Å². The van der Waals surface area contributed by atoms with Crippen LogP contribution >= 0.6 is 0 Å². The van der Waals surface area contributed by atoms with Crippen LogP contribution in [0.25, 0.3) is 0 Å². The molecule has 1 aromatic heterocycles. The van der Waals surface area contributed by atoms with Gasteiger partial charge in [-0.2, -0.15) is 13.2 Å². The van der Waals surface area contributed by atoms with Gasteiger partial charge in [0, 0.05) is 19.1 Å². The van der Waals surface area contributed by atoms with Crippen LogP contribution in [0.5, 0.6) is 0 Å². The molecule has 2 unspecified atom stereocenters. The van der Waals surface area contributed by atoms with E-state index in [-0.39, 0.29) is 0 Å². The first-order chi connectivity index (χ1) is 9.50. The second-order valence-electron chi connectivity index (χ2n) is 5.52. The molecule has 0 spiro atoms. The van der Waals surface area contributed by atoms with E-state index in [1.807, 2.05) is 7.05 Å². The summed E-state index contributed by atoms with van der Waals surface area (Å²) in [6.07, 6.45) is -2.12. The van der Waals surface area contributed by atoms with Crippen molar-refractivity contribution in [1.29, 1.82) is 0 Å². The number of hydrogen-bond donors (Lipinski definition) is 1. The number of nitrogens with zero attached hydrogens (tertiary/aromatic N) is 4. The van der Waals surface area contributed by atoms with Gasteiger partial charge in [0.25, 0.3) is 0 Å². The lowest BCUT2D eigenvalue weighted by Gasteiger charge is -2.45.